The molecule has 2 aromatic rings. The van der Waals surface area contributed by atoms with E-state index in [1.807, 2.05) is 36.4 Å². The van der Waals surface area contributed by atoms with Crippen LogP contribution >= 0.6 is 23.4 Å². The summed E-state index contributed by atoms with van der Waals surface area (Å²) in [7, 11) is 0. The summed E-state index contributed by atoms with van der Waals surface area (Å²) in [5.74, 6) is 1.72. The van der Waals surface area contributed by atoms with Crippen LogP contribution < -0.4 is 4.74 Å². The molecular weight excluding hydrogens is 290 g/mol. The maximum atomic E-state index is 8.80. The van der Waals surface area contributed by atoms with Crippen LogP contribution in [0.5, 0.6) is 5.75 Å². The lowest BCUT2D eigenvalue weighted by Gasteiger charge is -2.06. The largest absolute Gasteiger partial charge is 0.494 e. The third-order valence-electron chi connectivity index (χ3n) is 2.59. The molecule has 0 atom stereocenters. The fourth-order valence-corrected chi connectivity index (χ4v) is 2.79. The van der Waals surface area contributed by atoms with E-state index in [4.69, 9.17) is 21.6 Å². The van der Waals surface area contributed by atoms with Crippen molar-refractivity contribution in [3.05, 3.63) is 59.1 Å². The van der Waals surface area contributed by atoms with Crippen LogP contribution in [0.15, 0.2) is 53.4 Å². The number of thioether (sulfide) groups is 1. The quantitative estimate of drug-likeness (QED) is 0.569. The number of benzene rings is 2. The molecule has 0 saturated carbocycles. The van der Waals surface area contributed by atoms with Gasteiger partial charge in [-0.15, -0.1) is 11.8 Å². The van der Waals surface area contributed by atoms with E-state index in [0.717, 1.165) is 22.9 Å². The van der Waals surface area contributed by atoms with Crippen LogP contribution in [0.25, 0.3) is 0 Å². The molecule has 0 fully saturated rings. The van der Waals surface area contributed by atoms with Crippen molar-refractivity contribution in [1.82, 2.24) is 0 Å². The van der Waals surface area contributed by atoms with Gasteiger partial charge >= 0.3 is 0 Å². The van der Waals surface area contributed by atoms with Gasteiger partial charge in [-0.3, -0.25) is 0 Å². The Hall–Kier alpha value is -1.63. The van der Waals surface area contributed by atoms with E-state index in [1.54, 1.807) is 23.9 Å². The number of ether oxygens (including phenoxy) is 1. The Balaban J connectivity index is 1.70. The Bertz CT molecular complexity index is 609. The van der Waals surface area contributed by atoms with Gasteiger partial charge in [-0.05, 0) is 42.8 Å². The predicted octanol–water partition coefficient (Wildman–Crippen LogP) is 4.77. The van der Waals surface area contributed by atoms with Crippen LogP contribution in [0.1, 0.15) is 12.0 Å². The Morgan fingerprint density at radius 3 is 2.80 bits per heavy atom. The van der Waals surface area contributed by atoms with E-state index in [1.165, 1.54) is 4.90 Å². The third-order valence-corrected chi connectivity index (χ3v) is 3.90. The molecule has 2 aromatic carbocycles. The first kappa shape index (κ1) is 14.8. The zero-order valence-corrected chi connectivity index (χ0v) is 12.5. The molecule has 0 amide bonds. The summed E-state index contributed by atoms with van der Waals surface area (Å²) in [4.78, 5) is 1.17. The molecular formula is C16H14ClNOS. The standard InChI is InChI=1S/C16H14ClNOS/c17-14-5-2-7-16(11-14)20-9-3-8-19-15-6-1-4-13(10-15)12-18/h1-2,4-7,10-11H,3,8-9H2. The van der Waals surface area contributed by atoms with E-state index < -0.39 is 0 Å². The second-order valence-corrected chi connectivity index (χ2v) is 5.75. The van der Waals surface area contributed by atoms with Crippen LogP contribution in [-0.2, 0) is 0 Å². The van der Waals surface area contributed by atoms with Gasteiger partial charge in [0.05, 0.1) is 18.2 Å². The first-order valence-corrected chi connectivity index (χ1v) is 7.65. The summed E-state index contributed by atoms with van der Waals surface area (Å²) >= 11 is 7.69. The van der Waals surface area contributed by atoms with Crippen LogP contribution in [0.2, 0.25) is 5.02 Å². The highest BCUT2D eigenvalue weighted by Gasteiger charge is 1.98. The maximum absolute atomic E-state index is 8.80. The molecule has 0 radical (unpaired) electrons. The molecule has 0 spiro atoms. The Morgan fingerprint density at radius 2 is 2.00 bits per heavy atom. The van der Waals surface area contributed by atoms with Gasteiger partial charge in [-0.1, -0.05) is 23.7 Å². The van der Waals surface area contributed by atoms with Gasteiger partial charge in [0.15, 0.2) is 0 Å². The fraction of sp³-hybridized carbons (Fsp3) is 0.188. The Morgan fingerprint density at radius 1 is 1.15 bits per heavy atom. The molecule has 2 nitrogen and oxygen atoms in total. The molecule has 0 aliphatic rings. The number of halogens is 1. The van der Waals surface area contributed by atoms with Crippen molar-refractivity contribution in [2.45, 2.75) is 11.3 Å². The van der Waals surface area contributed by atoms with Crippen molar-refractivity contribution < 1.29 is 4.74 Å². The normalized spacial score (nSPS) is 10.0. The van der Waals surface area contributed by atoms with Crippen LogP contribution in [0.3, 0.4) is 0 Å². The molecule has 4 heteroatoms. The van der Waals surface area contributed by atoms with Gasteiger partial charge in [0.1, 0.15) is 5.75 Å². The van der Waals surface area contributed by atoms with E-state index in [0.29, 0.717) is 12.2 Å². The number of rotatable bonds is 6. The molecule has 0 saturated heterocycles. The first-order valence-electron chi connectivity index (χ1n) is 6.29. The predicted molar refractivity (Wildman–Crippen MR) is 83.4 cm³/mol. The molecule has 0 aliphatic heterocycles. The Labute approximate surface area is 128 Å². The van der Waals surface area contributed by atoms with Gasteiger partial charge in [-0.25, -0.2) is 0 Å². The van der Waals surface area contributed by atoms with Crippen molar-refractivity contribution in [2.75, 3.05) is 12.4 Å². The molecule has 0 unspecified atom stereocenters. The minimum atomic E-state index is 0.621. The fourth-order valence-electron chi connectivity index (χ4n) is 1.65. The summed E-state index contributed by atoms with van der Waals surface area (Å²) in [6.07, 6.45) is 0.938. The summed E-state index contributed by atoms with van der Waals surface area (Å²) < 4.78 is 5.62. The van der Waals surface area contributed by atoms with Gasteiger partial charge in [0.25, 0.3) is 0 Å². The average Bonchev–Trinajstić information content (AvgIpc) is 2.47. The van der Waals surface area contributed by atoms with Gasteiger partial charge in [-0.2, -0.15) is 5.26 Å². The molecule has 0 N–H and O–H groups in total. The molecule has 20 heavy (non-hydrogen) atoms. The maximum Gasteiger partial charge on any atom is 0.120 e. The molecule has 0 bridgehead atoms. The van der Waals surface area contributed by atoms with Crippen molar-refractivity contribution in [1.29, 1.82) is 5.26 Å². The highest BCUT2D eigenvalue weighted by atomic mass is 35.5. The average molecular weight is 304 g/mol. The van der Waals surface area contributed by atoms with Gasteiger partial charge in [0.2, 0.25) is 0 Å². The van der Waals surface area contributed by atoms with E-state index >= 15 is 0 Å². The Kier molecular flexibility index (Phi) is 5.79. The monoisotopic (exact) mass is 303 g/mol. The highest BCUT2D eigenvalue weighted by Crippen LogP contribution is 2.22. The number of hydrogen-bond acceptors (Lipinski definition) is 3. The second-order valence-electron chi connectivity index (χ2n) is 4.15. The first-order chi connectivity index (χ1) is 9.78. The van der Waals surface area contributed by atoms with Crippen molar-refractivity contribution in [3.8, 4) is 11.8 Å². The summed E-state index contributed by atoms with van der Waals surface area (Å²) in [6.45, 7) is 0.641. The smallest absolute Gasteiger partial charge is 0.120 e. The molecule has 2 rings (SSSR count). The number of nitriles is 1. The van der Waals surface area contributed by atoms with Crippen LogP contribution in [0, 0.1) is 11.3 Å². The lowest BCUT2D eigenvalue weighted by molar-refractivity contribution is 0.318. The SMILES string of the molecule is N#Cc1cccc(OCCCSc2cccc(Cl)c2)c1. The van der Waals surface area contributed by atoms with Crippen molar-refractivity contribution >= 4 is 23.4 Å². The molecule has 102 valence electrons. The lowest BCUT2D eigenvalue weighted by Crippen LogP contribution is -1.98. The van der Waals surface area contributed by atoms with E-state index in [9.17, 15) is 0 Å². The van der Waals surface area contributed by atoms with Crippen molar-refractivity contribution in [2.24, 2.45) is 0 Å². The molecule has 0 aliphatic carbocycles. The summed E-state index contributed by atoms with van der Waals surface area (Å²) in [5, 5.41) is 9.56. The summed E-state index contributed by atoms with van der Waals surface area (Å²) in [6, 6.07) is 17.1. The van der Waals surface area contributed by atoms with E-state index in [2.05, 4.69) is 6.07 Å². The highest BCUT2D eigenvalue weighted by molar-refractivity contribution is 7.99. The zero-order valence-electron chi connectivity index (χ0n) is 10.9. The lowest BCUT2D eigenvalue weighted by atomic mass is 10.2. The minimum Gasteiger partial charge on any atom is -0.494 e. The topological polar surface area (TPSA) is 33.0 Å². The van der Waals surface area contributed by atoms with Gasteiger partial charge in [0, 0.05) is 15.7 Å². The molecule has 0 aromatic heterocycles. The third kappa shape index (κ3) is 4.80. The summed E-state index contributed by atoms with van der Waals surface area (Å²) in [5.41, 5.74) is 0.621. The van der Waals surface area contributed by atoms with Gasteiger partial charge < -0.3 is 4.74 Å². The molecule has 0 heterocycles. The minimum absolute atomic E-state index is 0.621. The van der Waals surface area contributed by atoms with Crippen molar-refractivity contribution in [3.63, 3.8) is 0 Å². The number of hydrogen-bond donors (Lipinski definition) is 0. The number of nitrogens with zero attached hydrogens (tertiary/aromatic N) is 1. The van der Waals surface area contributed by atoms with Crippen LogP contribution in [-0.4, -0.2) is 12.4 Å². The van der Waals surface area contributed by atoms with Crippen LogP contribution in [0.4, 0.5) is 0 Å². The van der Waals surface area contributed by atoms with E-state index in [-0.39, 0.29) is 0 Å². The second kappa shape index (κ2) is 7.84. The zero-order chi connectivity index (χ0) is 14.2.